The van der Waals surface area contributed by atoms with E-state index in [2.05, 4.69) is 0 Å². The predicted molar refractivity (Wildman–Crippen MR) is 84.2 cm³/mol. The standard InChI is InChI=1S/C18H26O4/c19-17(21-15-9-3-1-4-10-15)13-7-8-14-18(20)22-16-11-5-2-6-12-16/h7-8,13-16H,1-6,9-12H2/b13-7-,14-8-. The van der Waals surface area contributed by atoms with Gasteiger partial charge in [-0.25, -0.2) is 9.59 Å². The number of esters is 2. The molecule has 122 valence electrons. The summed E-state index contributed by atoms with van der Waals surface area (Å²) in [5.41, 5.74) is 0. The van der Waals surface area contributed by atoms with E-state index in [0.29, 0.717) is 0 Å². The predicted octanol–water partition coefficient (Wildman–Crippen LogP) is 3.85. The number of allylic oxidation sites excluding steroid dienone is 2. The summed E-state index contributed by atoms with van der Waals surface area (Å²) >= 11 is 0. The normalized spacial score (nSPS) is 21.3. The summed E-state index contributed by atoms with van der Waals surface area (Å²) in [7, 11) is 0. The molecule has 4 heteroatoms. The zero-order chi connectivity index (χ0) is 15.6. The van der Waals surface area contributed by atoms with Crippen LogP contribution in [0.25, 0.3) is 0 Å². The van der Waals surface area contributed by atoms with Gasteiger partial charge in [0.15, 0.2) is 0 Å². The van der Waals surface area contributed by atoms with Crippen molar-refractivity contribution >= 4 is 11.9 Å². The van der Waals surface area contributed by atoms with E-state index in [1.807, 2.05) is 0 Å². The van der Waals surface area contributed by atoms with Gasteiger partial charge in [-0.2, -0.15) is 0 Å². The summed E-state index contributed by atoms with van der Waals surface area (Å²) in [5.74, 6) is -0.672. The first kappa shape index (κ1) is 16.8. The zero-order valence-electron chi connectivity index (χ0n) is 13.2. The fourth-order valence-corrected chi connectivity index (χ4v) is 3.04. The first-order valence-electron chi connectivity index (χ1n) is 8.50. The minimum atomic E-state index is -0.336. The Bertz CT molecular complexity index is 373. The third-order valence-corrected chi connectivity index (χ3v) is 4.25. The van der Waals surface area contributed by atoms with Crippen LogP contribution in [-0.4, -0.2) is 24.1 Å². The highest BCUT2D eigenvalue weighted by Gasteiger charge is 2.17. The van der Waals surface area contributed by atoms with Crippen LogP contribution in [-0.2, 0) is 19.1 Å². The summed E-state index contributed by atoms with van der Waals surface area (Å²) in [5, 5.41) is 0. The molecule has 0 amide bonds. The molecule has 22 heavy (non-hydrogen) atoms. The first-order chi connectivity index (χ1) is 10.7. The summed E-state index contributed by atoms with van der Waals surface area (Å²) in [6.45, 7) is 0. The van der Waals surface area contributed by atoms with Gasteiger partial charge in [0.2, 0.25) is 0 Å². The molecule has 2 rings (SSSR count). The molecule has 0 bridgehead atoms. The molecule has 0 atom stereocenters. The molecule has 0 aromatic heterocycles. The van der Waals surface area contributed by atoms with Gasteiger partial charge >= 0.3 is 11.9 Å². The van der Waals surface area contributed by atoms with Crippen LogP contribution in [0.15, 0.2) is 24.3 Å². The minimum absolute atomic E-state index is 0.0612. The van der Waals surface area contributed by atoms with Crippen LogP contribution in [0.5, 0.6) is 0 Å². The van der Waals surface area contributed by atoms with Crippen LogP contribution in [0.2, 0.25) is 0 Å². The third kappa shape index (κ3) is 6.46. The average Bonchev–Trinajstić information content (AvgIpc) is 2.53. The van der Waals surface area contributed by atoms with Crippen LogP contribution < -0.4 is 0 Å². The van der Waals surface area contributed by atoms with Gasteiger partial charge in [-0.15, -0.1) is 0 Å². The van der Waals surface area contributed by atoms with E-state index in [0.717, 1.165) is 51.4 Å². The molecule has 4 nitrogen and oxygen atoms in total. The van der Waals surface area contributed by atoms with Gasteiger partial charge in [0.25, 0.3) is 0 Å². The van der Waals surface area contributed by atoms with E-state index in [9.17, 15) is 9.59 Å². The summed E-state index contributed by atoms with van der Waals surface area (Å²) in [6.07, 6.45) is 16.8. The van der Waals surface area contributed by atoms with Gasteiger partial charge in [0, 0.05) is 12.2 Å². The van der Waals surface area contributed by atoms with Crippen LogP contribution in [0.4, 0.5) is 0 Å². The fourth-order valence-electron chi connectivity index (χ4n) is 3.04. The van der Waals surface area contributed by atoms with E-state index < -0.39 is 0 Å². The highest BCUT2D eigenvalue weighted by atomic mass is 16.5. The molecule has 0 radical (unpaired) electrons. The van der Waals surface area contributed by atoms with Gasteiger partial charge in [0.1, 0.15) is 12.2 Å². The third-order valence-electron chi connectivity index (χ3n) is 4.25. The van der Waals surface area contributed by atoms with Crippen LogP contribution >= 0.6 is 0 Å². The Kier molecular flexibility index (Phi) is 7.20. The highest BCUT2D eigenvalue weighted by molar-refractivity contribution is 5.84. The molecule has 0 unspecified atom stereocenters. The lowest BCUT2D eigenvalue weighted by Gasteiger charge is -2.21. The number of ether oxygens (including phenoxy) is 2. The van der Waals surface area contributed by atoms with Crippen molar-refractivity contribution in [2.24, 2.45) is 0 Å². The second-order valence-corrected chi connectivity index (χ2v) is 6.11. The van der Waals surface area contributed by atoms with Crippen LogP contribution in [0.1, 0.15) is 64.2 Å². The molecule has 0 aliphatic heterocycles. The quantitative estimate of drug-likeness (QED) is 0.440. The fraction of sp³-hybridized carbons (Fsp3) is 0.667. The second-order valence-electron chi connectivity index (χ2n) is 6.11. The minimum Gasteiger partial charge on any atom is -0.459 e. The Balaban J connectivity index is 1.64. The topological polar surface area (TPSA) is 52.6 Å². The SMILES string of the molecule is O=C(/C=C\C=C/C(=O)OC1CCCCC1)OC1CCCCC1. The molecule has 0 N–H and O–H groups in total. The maximum Gasteiger partial charge on any atom is 0.331 e. The van der Waals surface area contributed by atoms with Crippen molar-refractivity contribution < 1.29 is 19.1 Å². The van der Waals surface area contributed by atoms with Crippen molar-refractivity contribution in [3.8, 4) is 0 Å². The molecule has 0 aromatic rings. The number of carbonyl (C=O) groups excluding carboxylic acids is 2. The molecular weight excluding hydrogens is 280 g/mol. The molecule has 0 spiro atoms. The Labute approximate surface area is 132 Å². The summed E-state index contributed by atoms with van der Waals surface area (Å²) in [6, 6.07) is 0. The van der Waals surface area contributed by atoms with Crippen LogP contribution in [0, 0.1) is 0 Å². The molecule has 0 aromatic carbocycles. The van der Waals surface area contributed by atoms with Crippen molar-refractivity contribution in [2.75, 3.05) is 0 Å². The van der Waals surface area contributed by atoms with Gasteiger partial charge in [-0.3, -0.25) is 0 Å². The summed E-state index contributed by atoms with van der Waals surface area (Å²) < 4.78 is 10.7. The van der Waals surface area contributed by atoms with Crippen molar-refractivity contribution in [3.63, 3.8) is 0 Å². The van der Waals surface area contributed by atoms with Crippen molar-refractivity contribution in [3.05, 3.63) is 24.3 Å². The Morgan fingerprint density at radius 3 is 1.36 bits per heavy atom. The average molecular weight is 306 g/mol. The van der Waals surface area contributed by atoms with Gasteiger partial charge in [-0.05, 0) is 51.4 Å². The number of carbonyl (C=O) groups is 2. The zero-order valence-corrected chi connectivity index (χ0v) is 13.2. The van der Waals surface area contributed by atoms with E-state index >= 15 is 0 Å². The molecule has 2 fully saturated rings. The van der Waals surface area contributed by atoms with E-state index in [1.165, 1.54) is 37.1 Å². The highest BCUT2D eigenvalue weighted by Crippen LogP contribution is 2.21. The van der Waals surface area contributed by atoms with Crippen molar-refractivity contribution in [1.29, 1.82) is 0 Å². The van der Waals surface area contributed by atoms with Crippen molar-refractivity contribution in [1.82, 2.24) is 0 Å². The summed E-state index contributed by atoms with van der Waals surface area (Å²) in [4.78, 5) is 23.2. The van der Waals surface area contributed by atoms with E-state index in [1.54, 1.807) is 0 Å². The number of hydrogen-bond acceptors (Lipinski definition) is 4. The van der Waals surface area contributed by atoms with Crippen molar-refractivity contribution in [2.45, 2.75) is 76.4 Å². The van der Waals surface area contributed by atoms with Gasteiger partial charge in [-0.1, -0.05) is 25.0 Å². The first-order valence-corrected chi connectivity index (χ1v) is 8.50. The Morgan fingerprint density at radius 2 is 1.00 bits per heavy atom. The lowest BCUT2D eigenvalue weighted by atomic mass is 9.98. The molecule has 2 aliphatic rings. The van der Waals surface area contributed by atoms with E-state index in [-0.39, 0.29) is 24.1 Å². The lowest BCUT2D eigenvalue weighted by Crippen LogP contribution is -2.19. The van der Waals surface area contributed by atoms with Gasteiger partial charge < -0.3 is 9.47 Å². The maximum atomic E-state index is 11.6. The molecule has 0 saturated heterocycles. The number of rotatable bonds is 5. The monoisotopic (exact) mass is 306 g/mol. The second kappa shape index (κ2) is 9.44. The van der Waals surface area contributed by atoms with E-state index in [4.69, 9.17) is 9.47 Å². The number of hydrogen-bond donors (Lipinski definition) is 0. The Hall–Kier alpha value is -1.58. The van der Waals surface area contributed by atoms with Gasteiger partial charge in [0.05, 0.1) is 0 Å². The molecule has 2 saturated carbocycles. The van der Waals surface area contributed by atoms with Crippen LogP contribution in [0.3, 0.4) is 0 Å². The smallest absolute Gasteiger partial charge is 0.331 e. The lowest BCUT2D eigenvalue weighted by molar-refractivity contribution is -0.145. The maximum absolute atomic E-state index is 11.6. The molecule has 0 heterocycles. The molecule has 2 aliphatic carbocycles. The molecular formula is C18H26O4. The largest absolute Gasteiger partial charge is 0.459 e. The Morgan fingerprint density at radius 1 is 0.636 bits per heavy atom.